The number of hydrogen-bond acceptors (Lipinski definition) is 3. The van der Waals surface area contributed by atoms with Crippen LogP contribution in [0.5, 0.6) is 0 Å². The van der Waals surface area contributed by atoms with Gasteiger partial charge in [-0.3, -0.25) is 4.79 Å². The van der Waals surface area contributed by atoms with Crippen molar-refractivity contribution in [2.45, 2.75) is 33.4 Å². The van der Waals surface area contributed by atoms with Gasteiger partial charge in [0.2, 0.25) is 5.91 Å². The third-order valence-electron chi connectivity index (χ3n) is 2.25. The van der Waals surface area contributed by atoms with Crippen LogP contribution in [0.1, 0.15) is 25.6 Å². The smallest absolute Gasteiger partial charge is 0.248 e. The summed E-state index contributed by atoms with van der Waals surface area (Å²) in [7, 11) is 0. The standard InChI is InChI=1S/C12H18BrNO2S/c1-4-14(12(15)8-16-9(2)3)7-10-5-6-11(13)17-10/h5-6,9H,4,7-8H2,1-3H3. The maximum atomic E-state index is 11.9. The van der Waals surface area contributed by atoms with Crippen molar-refractivity contribution in [2.75, 3.05) is 13.2 Å². The highest BCUT2D eigenvalue weighted by molar-refractivity contribution is 9.11. The number of carbonyl (C=O) groups is 1. The third-order valence-corrected chi connectivity index (χ3v) is 3.86. The van der Waals surface area contributed by atoms with E-state index in [0.29, 0.717) is 13.1 Å². The van der Waals surface area contributed by atoms with Crippen LogP contribution in [0.4, 0.5) is 0 Å². The molecule has 0 aliphatic rings. The maximum absolute atomic E-state index is 11.9. The van der Waals surface area contributed by atoms with Crippen molar-refractivity contribution in [1.29, 1.82) is 0 Å². The Morgan fingerprint density at radius 1 is 1.53 bits per heavy atom. The molecule has 0 bridgehead atoms. The fraction of sp³-hybridized carbons (Fsp3) is 0.583. The first-order valence-electron chi connectivity index (χ1n) is 5.66. The second-order valence-electron chi connectivity index (χ2n) is 3.97. The van der Waals surface area contributed by atoms with Crippen LogP contribution in [-0.4, -0.2) is 30.1 Å². The Kier molecular flexibility index (Phi) is 6.16. The number of halogens is 1. The number of rotatable bonds is 6. The average Bonchev–Trinajstić information content (AvgIpc) is 2.68. The van der Waals surface area contributed by atoms with Gasteiger partial charge in [0.25, 0.3) is 0 Å². The van der Waals surface area contributed by atoms with E-state index in [1.807, 2.05) is 32.9 Å². The second-order valence-corrected chi connectivity index (χ2v) is 6.52. The molecule has 3 nitrogen and oxygen atoms in total. The number of carbonyl (C=O) groups excluding carboxylic acids is 1. The van der Waals surface area contributed by atoms with Gasteiger partial charge in [-0.2, -0.15) is 0 Å². The highest BCUT2D eigenvalue weighted by Crippen LogP contribution is 2.23. The van der Waals surface area contributed by atoms with Crippen molar-refractivity contribution in [3.8, 4) is 0 Å². The Bertz CT molecular complexity index is 365. The van der Waals surface area contributed by atoms with Crippen LogP contribution < -0.4 is 0 Å². The Balaban J connectivity index is 2.50. The fourth-order valence-corrected chi connectivity index (χ4v) is 2.83. The Morgan fingerprint density at radius 3 is 2.71 bits per heavy atom. The predicted octanol–water partition coefficient (Wildman–Crippen LogP) is 3.28. The van der Waals surface area contributed by atoms with Gasteiger partial charge in [0, 0.05) is 11.4 Å². The lowest BCUT2D eigenvalue weighted by molar-refractivity contribution is -0.137. The molecule has 0 atom stereocenters. The lowest BCUT2D eigenvalue weighted by Gasteiger charge is -2.20. The van der Waals surface area contributed by atoms with E-state index >= 15 is 0 Å². The summed E-state index contributed by atoms with van der Waals surface area (Å²) in [5, 5.41) is 0. The van der Waals surface area contributed by atoms with Crippen molar-refractivity contribution in [1.82, 2.24) is 4.90 Å². The van der Waals surface area contributed by atoms with Crippen LogP contribution in [0.2, 0.25) is 0 Å². The fourth-order valence-electron chi connectivity index (χ4n) is 1.33. The first kappa shape index (κ1) is 14.7. The molecular weight excluding hydrogens is 302 g/mol. The molecule has 0 saturated heterocycles. The van der Waals surface area contributed by atoms with Gasteiger partial charge in [-0.05, 0) is 48.8 Å². The van der Waals surface area contributed by atoms with Crippen LogP contribution in [-0.2, 0) is 16.1 Å². The van der Waals surface area contributed by atoms with Gasteiger partial charge >= 0.3 is 0 Å². The normalized spacial score (nSPS) is 10.9. The molecule has 0 fully saturated rings. The van der Waals surface area contributed by atoms with E-state index in [2.05, 4.69) is 15.9 Å². The van der Waals surface area contributed by atoms with Gasteiger partial charge in [0.1, 0.15) is 6.61 Å². The van der Waals surface area contributed by atoms with Gasteiger partial charge in [0.15, 0.2) is 0 Å². The minimum absolute atomic E-state index is 0.0470. The van der Waals surface area contributed by atoms with E-state index in [-0.39, 0.29) is 18.6 Å². The second kappa shape index (κ2) is 7.13. The maximum Gasteiger partial charge on any atom is 0.248 e. The molecule has 1 aromatic rings. The monoisotopic (exact) mass is 319 g/mol. The van der Waals surface area contributed by atoms with Crippen LogP contribution in [0.3, 0.4) is 0 Å². The largest absolute Gasteiger partial charge is 0.369 e. The number of nitrogens with zero attached hydrogens (tertiary/aromatic N) is 1. The lowest BCUT2D eigenvalue weighted by atomic mass is 10.4. The summed E-state index contributed by atoms with van der Waals surface area (Å²) >= 11 is 5.08. The Morgan fingerprint density at radius 2 is 2.24 bits per heavy atom. The van der Waals surface area contributed by atoms with E-state index in [0.717, 1.165) is 3.79 Å². The number of hydrogen-bond donors (Lipinski definition) is 0. The summed E-state index contributed by atoms with van der Waals surface area (Å²) < 4.78 is 6.42. The highest BCUT2D eigenvalue weighted by Gasteiger charge is 2.13. The van der Waals surface area contributed by atoms with Crippen molar-refractivity contribution < 1.29 is 9.53 Å². The summed E-state index contributed by atoms with van der Waals surface area (Å²) in [6, 6.07) is 4.04. The molecular formula is C12H18BrNO2S. The summed E-state index contributed by atoms with van der Waals surface area (Å²) in [6.07, 6.45) is 0.0912. The molecule has 1 rings (SSSR count). The third kappa shape index (κ3) is 5.19. The van der Waals surface area contributed by atoms with Crippen molar-refractivity contribution in [2.24, 2.45) is 0 Å². The molecule has 96 valence electrons. The van der Waals surface area contributed by atoms with Crippen LogP contribution in [0, 0.1) is 0 Å². The average molecular weight is 320 g/mol. The number of ether oxygens (including phenoxy) is 1. The van der Waals surface area contributed by atoms with Gasteiger partial charge in [-0.15, -0.1) is 11.3 Å². The number of amides is 1. The Labute approximate surface area is 115 Å². The Hall–Kier alpha value is -0.390. The molecule has 0 aromatic carbocycles. The van der Waals surface area contributed by atoms with Gasteiger partial charge in [0.05, 0.1) is 16.4 Å². The molecule has 0 saturated carbocycles. The van der Waals surface area contributed by atoms with Crippen LogP contribution in [0.15, 0.2) is 15.9 Å². The number of thiophene rings is 1. The molecule has 0 spiro atoms. The zero-order chi connectivity index (χ0) is 12.8. The van der Waals surface area contributed by atoms with Gasteiger partial charge < -0.3 is 9.64 Å². The quantitative estimate of drug-likeness (QED) is 0.805. The molecule has 1 amide bonds. The molecule has 0 aliphatic carbocycles. The van der Waals surface area contributed by atoms with Crippen molar-refractivity contribution in [3.63, 3.8) is 0 Å². The highest BCUT2D eigenvalue weighted by atomic mass is 79.9. The molecule has 5 heteroatoms. The topological polar surface area (TPSA) is 29.5 Å². The number of likely N-dealkylation sites (N-methyl/N-ethyl adjacent to an activating group) is 1. The van der Waals surface area contributed by atoms with E-state index in [1.54, 1.807) is 16.2 Å². The summed E-state index contributed by atoms with van der Waals surface area (Å²) in [4.78, 5) is 14.9. The minimum atomic E-state index is 0.0470. The van der Waals surface area contributed by atoms with Crippen LogP contribution >= 0.6 is 27.3 Å². The molecule has 1 aromatic heterocycles. The SMILES string of the molecule is CCN(Cc1ccc(Br)s1)C(=O)COC(C)C. The molecule has 0 aliphatic heterocycles. The molecule has 0 radical (unpaired) electrons. The van der Waals surface area contributed by atoms with E-state index in [4.69, 9.17) is 4.74 Å². The zero-order valence-electron chi connectivity index (χ0n) is 10.4. The van der Waals surface area contributed by atoms with Gasteiger partial charge in [-0.25, -0.2) is 0 Å². The van der Waals surface area contributed by atoms with Crippen molar-refractivity contribution in [3.05, 3.63) is 20.8 Å². The first-order valence-corrected chi connectivity index (χ1v) is 7.27. The predicted molar refractivity (Wildman–Crippen MR) is 74.2 cm³/mol. The first-order chi connectivity index (χ1) is 8.02. The van der Waals surface area contributed by atoms with Gasteiger partial charge in [-0.1, -0.05) is 0 Å². The lowest BCUT2D eigenvalue weighted by Crippen LogP contribution is -2.33. The summed E-state index contributed by atoms with van der Waals surface area (Å²) in [6.45, 7) is 7.37. The summed E-state index contributed by atoms with van der Waals surface area (Å²) in [5.74, 6) is 0.0470. The van der Waals surface area contributed by atoms with Crippen molar-refractivity contribution >= 4 is 33.2 Å². The summed E-state index contributed by atoms with van der Waals surface area (Å²) in [5.41, 5.74) is 0. The molecule has 1 heterocycles. The van der Waals surface area contributed by atoms with E-state index in [9.17, 15) is 4.79 Å². The molecule has 0 N–H and O–H groups in total. The molecule has 17 heavy (non-hydrogen) atoms. The van der Waals surface area contributed by atoms with E-state index < -0.39 is 0 Å². The van der Waals surface area contributed by atoms with Crippen LogP contribution in [0.25, 0.3) is 0 Å². The zero-order valence-corrected chi connectivity index (χ0v) is 12.8. The minimum Gasteiger partial charge on any atom is -0.369 e. The van der Waals surface area contributed by atoms with E-state index in [1.165, 1.54) is 4.88 Å². The molecule has 0 unspecified atom stereocenters.